The number of carbonyl (C=O) groups is 3. The summed E-state index contributed by atoms with van der Waals surface area (Å²) >= 11 is 0. The summed E-state index contributed by atoms with van der Waals surface area (Å²) in [6, 6.07) is 5.08. The first-order valence-corrected chi connectivity index (χ1v) is 8.99. The Balaban J connectivity index is 1.84. The van der Waals surface area contributed by atoms with Crippen LogP contribution in [0, 0.1) is 0 Å². The van der Waals surface area contributed by atoms with Crippen LogP contribution in [0.15, 0.2) is 18.2 Å². The second kappa shape index (κ2) is 8.47. The highest BCUT2D eigenvalue weighted by molar-refractivity contribution is 6.06. The predicted molar refractivity (Wildman–Crippen MR) is 101 cm³/mol. The lowest BCUT2D eigenvalue weighted by molar-refractivity contribution is -0.125. The zero-order valence-electron chi connectivity index (χ0n) is 15.4. The van der Waals surface area contributed by atoms with Crippen LogP contribution >= 0.6 is 0 Å². The minimum absolute atomic E-state index is 0.0188. The largest absolute Gasteiger partial charge is 0.370 e. The molecule has 0 unspecified atom stereocenters. The number of likely N-dealkylation sites (N-methyl/N-ethyl adjacent to an activating group) is 1. The van der Waals surface area contributed by atoms with E-state index in [0.717, 1.165) is 13.1 Å². The van der Waals surface area contributed by atoms with Gasteiger partial charge in [-0.05, 0) is 25.2 Å². The molecule has 9 nitrogen and oxygen atoms in total. The highest BCUT2D eigenvalue weighted by Gasteiger charge is 2.27. The maximum atomic E-state index is 12.8. The molecule has 2 fully saturated rings. The quantitative estimate of drug-likeness (QED) is 0.610. The summed E-state index contributed by atoms with van der Waals surface area (Å²) in [7, 11) is 1.98. The Hall–Kier alpha value is -2.49. The van der Waals surface area contributed by atoms with Crippen LogP contribution in [0.5, 0.6) is 0 Å². The van der Waals surface area contributed by atoms with Crippen molar-refractivity contribution in [3.8, 4) is 0 Å². The highest BCUT2D eigenvalue weighted by atomic mass is 16.5. The summed E-state index contributed by atoms with van der Waals surface area (Å²) in [6.45, 7) is 2.67. The van der Waals surface area contributed by atoms with Gasteiger partial charge in [0.15, 0.2) is 0 Å². The van der Waals surface area contributed by atoms with E-state index in [1.807, 2.05) is 7.05 Å². The Morgan fingerprint density at radius 1 is 1.33 bits per heavy atom. The fraction of sp³-hybridized carbons (Fsp3) is 0.500. The van der Waals surface area contributed by atoms with Gasteiger partial charge in [-0.15, -0.1) is 0 Å². The standard InChI is InChI=1S/C18H25N5O4/c1-22-9-12(10-22)20-18(26)14-8-13(23-6-7-27-11-17(23)25)2-3-15(14)21-16(24)4-5-19/h2-3,8,12H,4-7,9-11,19H2,1H3,(H,20,26)(H,21,24). The van der Waals surface area contributed by atoms with Gasteiger partial charge < -0.3 is 30.9 Å². The van der Waals surface area contributed by atoms with Crippen molar-refractivity contribution in [3.05, 3.63) is 23.8 Å². The third-order valence-corrected chi connectivity index (χ3v) is 4.59. The van der Waals surface area contributed by atoms with Gasteiger partial charge in [0, 0.05) is 38.3 Å². The van der Waals surface area contributed by atoms with Crippen LogP contribution in [0.25, 0.3) is 0 Å². The van der Waals surface area contributed by atoms with Crippen LogP contribution in [-0.4, -0.2) is 75.1 Å². The third-order valence-electron chi connectivity index (χ3n) is 4.59. The number of carbonyl (C=O) groups excluding carboxylic acids is 3. The minimum Gasteiger partial charge on any atom is -0.370 e. The van der Waals surface area contributed by atoms with E-state index >= 15 is 0 Å². The van der Waals surface area contributed by atoms with Gasteiger partial charge in [-0.1, -0.05) is 0 Å². The summed E-state index contributed by atoms with van der Waals surface area (Å²) in [6.07, 6.45) is 0.165. The van der Waals surface area contributed by atoms with Crippen molar-refractivity contribution in [1.29, 1.82) is 0 Å². The number of likely N-dealkylation sites (tertiary alicyclic amines) is 1. The van der Waals surface area contributed by atoms with Gasteiger partial charge in [0.2, 0.25) is 5.91 Å². The number of hydrogen-bond acceptors (Lipinski definition) is 6. The molecular weight excluding hydrogens is 350 g/mol. The second-order valence-corrected chi connectivity index (χ2v) is 6.81. The number of nitrogens with one attached hydrogen (secondary N) is 2. The summed E-state index contributed by atoms with van der Waals surface area (Å²) < 4.78 is 5.16. The van der Waals surface area contributed by atoms with Gasteiger partial charge >= 0.3 is 0 Å². The molecule has 0 aliphatic carbocycles. The zero-order valence-corrected chi connectivity index (χ0v) is 15.4. The smallest absolute Gasteiger partial charge is 0.253 e. The topological polar surface area (TPSA) is 117 Å². The second-order valence-electron chi connectivity index (χ2n) is 6.81. The number of anilines is 2. The first-order chi connectivity index (χ1) is 13.0. The lowest BCUT2D eigenvalue weighted by Crippen LogP contribution is -2.57. The molecule has 9 heteroatoms. The maximum absolute atomic E-state index is 12.8. The fourth-order valence-electron chi connectivity index (χ4n) is 3.19. The number of amides is 3. The van der Waals surface area contributed by atoms with Gasteiger partial charge in [-0.3, -0.25) is 14.4 Å². The Morgan fingerprint density at radius 3 is 2.78 bits per heavy atom. The summed E-state index contributed by atoms with van der Waals surface area (Å²) in [4.78, 5) is 40.5. The monoisotopic (exact) mass is 375 g/mol. The average molecular weight is 375 g/mol. The Morgan fingerprint density at radius 2 is 2.11 bits per heavy atom. The summed E-state index contributed by atoms with van der Waals surface area (Å²) in [5.41, 5.74) is 6.76. The molecule has 27 heavy (non-hydrogen) atoms. The molecule has 0 atom stereocenters. The van der Waals surface area contributed by atoms with E-state index in [4.69, 9.17) is 10.5 Å². The molecule has 0 spiro atoms. The zero-order chi connectivity index (χ0) is 19.4. The van der Waals surface area contributed by atoms with Gasteiger partial charge in [-0.25, -0.2) is 0 Å². The molecule has 0 aromatic heterocycles. The molecule has 2 aliphatic rings. The number of hydrogen-bond donors (Lipinski definition) is 3. The van der Waals surface area contributed by atoms with Crippen molar-refractivity contribution in [3.63, 3.8) is 0 Å². The molecule has 1 aromatic carbocycles. The van der Waals surface area contributed by atoms with E-state index < -0.39 is 0 Å². The molecule has 2 saturated heterocycles. The molecule has 0 saturated carbocycles. The van der Waals surface area contributed by atoms with Crippen LogP contribution in [0.3, 0.4) is 0 Å². The average Bonchev–Trinajstić information content (AvgIpc) is 2.61. The van der Waals surface area contributed by atoms with Crippen molar-refractivity contribution in [2.24, 2.45) is 5.73 Å². The van der Waals surface area contributed by atoms with Gasteiger partial charge in [0.25, 0.3) is 11.8 Å². The molecular formula is C18H25N5O4. The summed E-state index contributed by atoms with van der Waals surface area (Å²) in [5, 5.41) is 5.70. The third kappa shape index (κ3) is 4.62. The van der Waals surface area contributed by atoms with Gasteiger partial charge in [0.05, 0.1) is 23.9 Å². The number of nitrogens with two attached hydrogens (primary N) is 1. The number of rotatable bonds is 6. The molecule has 2 heterocycles. The van der Waals surface area contributed by atoms with Crippen LogP contribution < -0.4 is 21.3 Å². The molecule has 4 N–H and O–H groups in total. The molecule has 0 bridgehead atoms. The molecule has 3 rings (SSSR count). The number of ether oxygens (including phenoxy) is 1. The number of nitrogens with zero attached hydrogens (tertiary/aromatic N) is 2. The first kappa shape index (κ1) is 19.3. The molecule has 2 aliphatic heterocycles. The number of benzene rings is 1. The minimum atomic E-state index is -0.279. The molecule has 0 radical (unpaired) electrons. The molecule has 1 aromatic rings. The Labute approximate surface area is 157 Å². The molecule has 146 valence electrons. The van der Waals surface area contributed by atoms with E-state index in [-0.39, 0.29) is 43.3 Å². The van der Waals surface area contributed by atoms with Crippen LogP contribution in [-0.2, 0) is 14.3 Å². The van der Waals surface area contributed by atoms with Crippen LogP contribution in [0.1, 0.15) is 16.8 Å². The Kier molecular flexibility index (Phi) is 6.04. The van der Waals surface area contributed by atoms with Crippen LogP contribution in [0.4, 0.5) is 11.4 Å². The lowest BCUT2D eigenvalue weighted by Gasteiger charge is -2.36. The van der Waals surface area contributed by atoms with E-state index in [1.54, 1.807) is 23.1 Å². The van der Waals surface area contributed by atoms with Gasteiger partial charge in [0.1, 0.15) is 6.61 Å². The van der Waals surface area contributed by atoms with Crippen molar-refractivity contribution < 1.29 is 19.1 Å². The number of morpholine rings is 1. The van der Waals surface area contributed by atoms with Crippen molar-refractivity contribution in [2.45, 2.75) is 12.5 Å². The first-order valence-electron chi connectivity index (χ1n) is 8.99. The van der Waals surface area contributed by atoms with Crippen LogP contribution in [0.2, 0.25) is 0 Å². The lowest BCUT2D eigenvalue weighted by atomic mass is 10.1. The SMILES string of the molecule is CN1CC(NC(=O)c2cc(N3CCOCC3=O)ccc2NC(=O)CCN)C1. The Bertz CT molecular complexity index is 732. The van der Waals surface area contributed by atoms with E-state index in [1.165, 1.54) is 0 Å². The van der Waals surface area contributed by atoms with Crippen molar-refractivity contribution in [1.82, 2.24) is 10.2 Å². The predicted octanol–water partition coefficient (Wildman–Crippen LogP) is -0.619. The van der Waals surface area contributed by atoms with E-state index in [0.29, 0.717) is 30.1 Å². The van der Waals surface area contributed by atoms with E-state index in [2.05, 4.69) is 15.5 Å². The van der Waals surface area contributed by atoms with Crippen molar-refractivity contribution in [2.75, 3.05) is 56.7 Å². The summed E-state index contributed by atoms with van der Waals surface area (Å²) in [5.74, 6) is -0.697. The van der Waals surface area contributed by atoms with Gasteiger partial charge in [-0.2, -0.15) is 0 Å². The fourth-order valence-corrected chi connectivity index (χ4v) is 3.19. The normalized spacial score (nSPS) is 18.1. The van der Waals surface area contributed by atoms with Crippen molar-refractivity contribution >= 4 is 29.1 Å². The maximum Gasteiger partial charge on any atom is 0.253 e. The molecule has 3 amide bonds. The van der Waals surface area contributed by atoms with E-state index in [9.17, 15) is 14.4 Å². The highest BCUT2D eigenvalue weighted by Crippen LogP contribution is 2.25.